The molecule has 1 aromatic rings. The second-order valence-corrected chi connectivity index (χ2v) is 4.28. The Bertz CT molecular complexity index is 474. The maximum absolute atomic E-state index is 11.7. The molecule has 1 aliphatic carbocycles. The topological polar surface area (TPSA) is 43.4 Å². The van der Waals surface area contributed by atoms with Crippen molar-refractivity contribution in [2.45, 2.75) is 25.7 Å². The Kier molecular flexibility index (Phi) is 3.92. The number of Topliss-reactive ketones (excluding diaryl/α,β-unsaturated/α-hetero) is 1. The van der Waals surface area contributed by atoms with Gasteiger partial charge in [0.1, 0.15) is 0 Å². The van der Waals surface area contributed by atoms with E-state index in [1.54, 1.807) is 13.0 Å². The number of ketones is 1. The van der Waals surface area contributed by atoms with Crippen LogP contribution in [0.4, 0.5) is 0 Å². The molecule has 0 radical (unpaired) electrons. The summed E-state index contributed by atoms with van der Waals surface area (Å²) in [5.74, 6) is -0.480. The van der Waals surface area contributed by atoms with Gasteiger partial charge in [-0.2, -0.15) is 0 Å². The van der Waals surface area contributed by atoms with Gasteiger partial charge in [0.2, 0.25) is 0 Å². The highest BCUT2D eigenvalue weighted by Crippen LogP contribution is 2.29. The zero-order valence-corrected chi connectivity index (χ0v) is 10.4. The fourth-order valence-electron chi connectivity index (χ4n) is 2.15. The Morgan fingerprint density at radius 2 is 2.06 bits per heavy atom. The van der Waals surface area contributed by atoms with Crippen LogP contribution in [-0.4, -0.2) is 18.4 Å². The number of allylic oxidation sites excluding steroid dienone is 1. The average Bonchev–Trinajstić information content (AvgIpc) is 2.40. The van der Waals surface area contributed by atoms with E-state index in [1.807, 2.05) is 30.3 Å². The molecule has 0 heterocycles. The van der Waals surface area contributed by atoms with Crippen molar-refractivity contribution in [3.63, 3.8) is 0 Å². The van der Waals surface area contributed by atoms with Gasteiger partial charge in [0.25, 0.3) is 0 Å². The van der Waals surface area contributed by atoms with Gasteiger partial charge in [-0.3, -0.25) is 4.79 Å². The minimum atomic E-state index is -0.497. The summed E-state index contributed by atoms with van der Waals surface area (Å²) in [5, 5.41) is 0. The lowest BCUT2D eigenvalue weighted by Gasteiger charge is -2.19. The zero-order valence-electron chi connectivity index (χ0n) is 10.4. The molecule has 0 fully saturated rings. The van der Waals surface area contributed by atoms with Crippen LogP contribution in [0.25, 0.3) is 0 Å². The smallest absolute Gasteiger partial charge is 0.341 e. The number of esters is 1. The predicted octanol–water partition coefficient (Wildman–Crippen LogP) is 2.62. The van der Waals surface area contributed by atoms with Gasteiger partial charge in [0, 0.05) is 12.3 Å². The van der Waals surface area contributed by atoms with Crippen LogP contribution in [0.15, 0.2) is 42.0 Å². The molecule has 0 aliphatic heterocycles. The molecule has 0 amide bonds. The number of hydrogen-bond acceptors (Lipinski definition) is 3. The minimum absolute atomic E-state index is 0.111. The van der Waals surface area contributed by atoms with Crippen molar-refractivity contribution in [1.82, 2.24) is 0 Å². The first kappa shape index (κ1) is 12.6. The number of rotatable bonds is 3. The van der Waals surface area contributed by atoms with E-state index in [0.29, 0.717) is 13.0 Å². The zero-order chi connectivity index (χ0) is 13.0. The molecule has 1 aliphatic rings. The summed E-state index contributed by atoms with van der Waals surface area (Å²) in [6, 6.07) is 9.90. The van der Waals surface area contributed by atoms with E-state index < -0.39 is 5.97 Å². The Morgan fingerprint density at radius 3 is 2.72 bits per heavy atom. The summed E-state index contributed by atoms with van der Waals surface area (Å²) in [6.45, 7) is 2.03. The molecular formula is C15H16O3. The highest BCUT2D eigenvalue weighted by atomic mass is 16.5. The Balaban J connectivity index is 2.25. The van der Waals surface area contributed by atoms with Crippen molar-refractivity contribution in [1.29, 1.82) is 0 Å². The van der Waals surface area contributed by atoms with Crippen LogP contribution in [0.3, 0.4) is 0 Å². The summed E-state index contributed by atoms with van der Waals surface area (Å²) < 4.78 is 4.91. The summed E-state index contributed by atoms with van der Waals surface area (Å²) in [6.07, 6.45) is 2.91. The predicted molar refractivity (Wildman–Crippen MR) is 68.1 cm³/mol. The van der Waals surface area contributed by atoms with Crippen LogP contribution in [0, 0.1) is 0 Å². The number of ether oxygens (including phenoxy) is 1. The first-order valence-corrected chi connectivity index (χ1v) is 6.19. The third kappa shape index (κ3) is 2.67. The molecule has 0 bridgehead atoms. The average molecular weight is 244 g/mol. The molecule has 0 spiro atoms. The van der Waals surface area contributed by atoms with E-state index in [0.717, 1.165) is 12.0 Å². The molecule has 1 unspecified atom stereocenters. The quantitative estimate of drug-likeness (QED) is 0.606. The van der Waals surface area contributed by atoms with E-state index in [2.05, 4.69) is 0 Å². The summed E-state index contributed by atoms with van der Waals surface area (Å²) >= 11 is 0. The van der Waals surface area contributed by atoms with Crippen molar-refractivity contribution in [2.75, 3.05) is 6.61 Å². The molecule has 0 N–H and O–H groups in total. The normalized spacial score (nSPS) is 19.3. The number of hydrogen-bond donors (Lipinski definition) is 0. The van der Waals surface area contributed by atoms with Crippen LogP contribution in [0.5, 0.6) is 0 Å². The number of benzene rings is 1. The van der Waals surface area contributed by atoms with Crippen LogP contribution in [0.2, 0.25) is 0 Å². The monoisotopic (exact) mass is 244 g/mol. The van der Waals surface area contributed by atoms with Crippen LogP contribution in [-0.2, 0) is 14.3 Å². The standard InChI is InChI=1S/C15H16O3/c1-2-18-15(17)13-10-12(8-9-14(13)16)11-6-4-3-5-7-11/h3-7,10,12H,2,8-9H2,1H3. The second-order valence-electron chi connectivity index (χ2n) is 4.28. The van der Waals surface area contributed by atoms with Gasteiger partial charge < -0.3 is 4.74 Å². The number of carbonyl (C=O) groups excluding carboxylic acids is 2. The first-order chi connectivity index (χ1) is 8.72. The molecule has 0 saturated carbocycles. The third-order valence-electron chi connectivity index (χ3n) is 3.07. The lowest BCUT2D eigenvalue weighted by Crippen LogP contribution is -2.21. The molecule has 3 nitrogen and oxygen atoms in total. The minimum Gasteiger partial charge on any atom is -0.462 e. The highest BCUT2D eigenvalue weighted by molar-refractivity contribution is 6.17. The lowest BCUT2D eigenvalue weighted by atomic mass is 9.85. The summed E-state index contributed by atoms with van der Waals surface area (Å²) in [4.78, 5) is 23.4. The highest BCUT2D eigenvalue weighted by Gasteiger charge is 2.26. The Labute approximate surface area is 106 Å². The molecular weight excluding hydrogens is 228 g/mol. The van der Waals surface area contributed by atoms with Crippen molar-refractivity contribution in [3.8, 4) is 0 Å². The van der Waals surface area contributed by atoms with Crippen LogP contribution >= 0.6 is 0 Å². The Hall–Kier alpha value is -1.90. The van der Waals surface area contributed by atoms with Crippen molar-refractivity contribution in [3.05, 3.63) is 47.5 Å². The number of carbonyl (C=O) groups is 2. The van der Waals surface area contributed by atoms with Gasteiger partial charge >= 0.3 is 5.97 Å². The fourth-order valence-corrected chi connectivity index (χ4v) is 2.15. The summed E-state index contributed by atoms with van der Waals surface area (Å²) in [5.41, 5.74) is 1.34. The molecule has 0 aromatic heterocycles. The van der Waals surface area contributed by atoms with Gasteiger partial charge in [0.15, 0.2) is 5.78 Å². The molecule has 0 saturated heterocycles. The Morgan fingerprint density at radius 1 is 1.33 bits per heavy atom. The van der Waals surface area contributed by atoms with Crippen molar-refractivity contribution < 1.29 is 14.3 Å². The van der Waals surface area contributed by atoms with E-state index in [-0.39, 0.29) is 17.3 Å². The largest absolute Gasteiger partial charge is 0.462 e. The molecule has 1 aromatic carbocycles. The lowest BCUT2D eigenvalue weighted by molar-refractivity contribution is -0.140. The van der Waals surface area contributed by atoms with Gasteiger partial charge in [-0.25, -0.2) is 4.79 Å². The van der Waals surface area contributed by atoms with Crippen molar-refractivity contribution in [2.24, 2.45) is 0 Å². The van der Waals surface area contributed by atoms with Gasteiger partial charge in [-0.05, 0) is 18.9 Å². The summed E-state index contributed by atoms with van der Waals surface area (Å²) in [7, 11) is 0. The van der Waals surface area contributed by atoms with E-state index in [1.165, 1.54) is 0 Å². The molecule has 94 valence electrons. The molecule has 1 atom stereocenters. The maximum atomic E-state index is 11.7. The SMILES string of the molecule is CCOC(=O)C1=CC(c2ccccc2)CCC1=O. The first-order valence-electron chi connectivity index (χ1n) is 6.19. The van der Waals surface area contributed by atoms with Gasteiger partial charge in [0.05, 0.1) is 12.2 Å². The van der Waals surface area contributed by atoms with Gasteiger partial charge in [-0.1, -0.05) is 36.4 Å². The molecule has 18 heavy (non-hydrogen) atoms. The molecule has 2 rings (SSSR count). The van der Waals surface area contributed by atoms with Gasteiger partial charge in [-0.15, -0.1) is 0 Å². The van der Waals surface area contributed by atoms with E-state index in [9.17, 15) is 9.59 Å². The van der Waals surface area contributed by atoms with Crippen molar-refractivity contribution >= 4 is 11.8 Å². The van der Waals surface area contributed by atoms with Crippen LogP contribution in [0.1, 0.15) is 31.2 Å². The fraction of sp³-hybridized carbons (Fsp3) is 0.333. The van der Waals surface area contributed by atoms with E-state index in [4.69, 9.17) is 4.74 Å². The molecule has 3 heteroatoms. The van der Waals surface area contributed by atoms with E-state index >= 15 is 0 Å². The second kappa shape index (κ2) is 5.63. The maximum Gasteiger partial charge on any atom is 0.341 e. The van der Waals surface area contributed by atoms with Crippen LogP contribution < -0.4 is 0 Å². The third-order valence-corrected chi connectivity index (χ3v) is 3.07.